The van der Waals surface area contributed by atoms with E-state index in [1.165, 1.54) is 0 Å². The van der Waals surface area contributed by atoms with Crippen LogP contribution in [-0.4, -0.2) is 27.9 Å². The topological polar surface area (TPSA) is 70.7 Å². The minimum absolute atomic E-state index is 0.0787. The van der Waals surface area contributed by atoms with Crippen molar-refractivity contribution in [1.82, 2.24) is 14.9 Å². The Morgan fingerprint density at radius 1 is 1.55 bits per heavy atom. The average molecular weight is 291 g/mol. The molecule has 0 radical (unpaired) electrons. The van der Waals surface area contributed by atoms with Crippen LogP contribution in [0.2, 0.25) is 0 Å². The number of carbonyl (C=O) groups excluding carboxylic acids is 1. The van der Waals surface area contributed by atoms with Crippen molar-refractivity contribution in [2.45, 2.75) is 19.9 Å². The van der Waals surface area contributed by atoms with Crippen LogP contribution in [0, 0.1) is 11.3 Å². The van der Waals surface area contributed by atoms with Gasteiger partial charge in [-0.25, -0.2) is 4.98 Å². The molecular weight excluding hydrogens is 276 g/mol. The molecule has 104 valence electrons. The molecule has 0 aliphatic heterocycles. The van der Waals surface area contributed by atoms with Crippen LogP contribution in [0.5, 0.6) is 0 Å². The van der Waals surface area contributed by atoms with Gasteiger partial charge in [0.2, 0.25) is 5.91 Å². The Kier molecular flexibility index (Phi) is 4.59. The maximum atomic E-state index is 11.8. The van der Waals surface area contributed by atoms with Crippen molar-refractivity contribution in [3.63, 3.8) is 0 Å². The Balaban J connectivity index is 2.48. The molecule has 0 unspecified atom stereocenters. The number of amides is 1. The minimum Gasteiger partial charge on any atom is -0.355 e. The average Bonchev–Trinajstić information content (AvgIpc) is 2.77. The number of hydrogen-bond acceptors (Lipinski definition) is 3. The van der Waals surface area contributed by atoms with Crippen LogP contribution in [0.1, 0.15) is 18.3 Å². The first-order valence-electron chi connectivity index (χ1n) is 6.41. The van der Waals surface area contributed by atoms with Gasteiger partial charge in [0.1, 0.15) is 12.4 Å². The number of rotatable bonds is 5. The van der Waals surface area contributed by atoms with Gasteiger partial charge in [-0.15, -0.1) is 11.6 Å². The van der Waals surface area contributed by atoms with Crippen molar-refractivity contribution in [2.75, 3.05) is 12.4 Å². The third kappa shape index (κ3) is 2.91. The fraction of sp³-hybridized carbons (Fsp3) is 0.357. The second-order valence-corrected chi connectivity index (χ2v) is 4.70. The summed E-state index contributed by atoms with van der Waals surface area (Å²) in [5.74, 6) is 1.12. The summed E-state index contributed by atoms with van der Waals surface area (Å²) in [6.07, 6.45) is 0.581. The lowest BCUT2D eigenvalue weighted by atomic mass is 10.2. The van der Waals surface area contributed by atoms with Crippen LogP contribution in [-0.2, 0) is 17.8 Å². The zero-order valence-corrected chi connectivity index (χ0v) is 11.9. The number of nitriles is 1. The number of nitrogens with one attached hydrogen (secondary N) is 1. The van der Waals surface area contributed by atoms with E-state index in [0.717, 1.165) is 16.9 Å². The van der Waals surface area contributed by atoms with Crippen LogP contribution in [0.25, 0.3) is 11.0 Å². The summed E-state index contributed by atoms with van der Waals surface area (Å²) in [5, 5.41) is 11.7. The molecule has 0 aliphatic carbocycles. The number of halogens is 1. The molecule has 6 heteroatoms. The van der Waals surface area contributed by atoms with E-state index < -0.39 is 0 Å². The van der Waals surface area contributed by atoms with Crippen molar-refractivity contribution in [3.05, 3.63) is 29.6 Å². The molecule has 0 aliphatic rings. The van der Waals surface area contributed by atoms with Crippen molar-refractivity contribution in [2.24, 2.45) is 0 Å². The largest absolute Gasteiger partial charge is 0.355 e. The summed E-state index contributed by atoms with van der Waals surface area (Å²) < 4.78 is 1.82. The third-order valence-electron chi connectivity index (χ3n) is 2.95. The van der Waals surface area contributed by atoms with E-state index in [2.05, 4.69) is 16.4 Å². The lowest BCUT2D eigenvalue weighted by molar-refractivity contribution is -0.121. The number of alkyl halides is 1. The molecule has 0 saturated carbocycles. The highest BCUT2D eigenvalue weighted by Gasteiger charge is 2.13. The van der Waals surface area contributed by atoms with Crippen molar-refractivity contribution in [1.29, 1.82) is 5.26 Å². The van der Waals surface area contributed by atoms with E-state index in [1.54, 1.807) is 18.2 Å². The second-order valence-electron chi connectivity index (χ2n) is 4.32. The first kappa shape index (κ1) is 14.4. The van der Waals surface area contributed by atoms with E-state index >= 15 is 0 Å². The van der Waals surface area contributed by atoms with Crippen LogP contribution < -0.4 is 5.32 Å². The Bertz CT molecular complexity index is 672. The molecule has 2 rings (SSSR count). The highest BCUT2D eigenvalue weighted by atomic mass is 35.5. The molecule has 0 saturated heterocycles. The number of imidazole rings is 1. The number of nitrogens with zero attached hydrogens (tertiary/aromatic N) is 3. The van der Waals surface area contributed by atoms with Gasteiger partial charge >= 0.3 is 0 Å². The van der Waals surface area contributed by atoms with E-state index in [4.69, 9.17) is 16.9 Å². The number of carbonyl (C=O) groups is 1. The van der Waals surface area contributed by atoms with Gasteiger partial charge in [0.05, 0.1) is 22.7 Å². The van der Waals surface area contributed by atoms with Crippen molar-refractivity contribution >= 4 is 28.5 Å². The van der Waals surface area contributed by atoms with Gasteiger partial charge in [-0.05, 0) is 25.1 Å². The Labute approximate surface area is 122 Å². The van der Waals surface area contributed by atoms with E-state index in [1.807, 2.05) is 11.5 Å². The molecule has 1 amide bonds. The van der Waals surface area contributed by atoms with Gasteiger partial charge in [-0.3, -0.25) is 4.79 Å². The number of aromatic nitrogens is 2. The maximum Gasteiger partial charge on any atom is 0.239 e. The van der Waals surface area contributed by atoms with E-state index in [0.29, 0.717) is 24.4 Å². The molecule has 1 N–H and O–H groups in total. The van der Waals surface area contributed by atoms with Crippen molar-refractivity contribution < 1.29 is 4.79 Å². The summed E-state index contributed by atoms with van der Waals surface area (Å²) >= 11 is 5.79. The van der Waals surface area contributed by atoms with Gasteiger partial charge in [0.15, 0.2) is 0 Å². The number of aryl methyl sites for hydroxylation is 1. The number of benzene rings is 1. The summed E-state index contributed by atoms with van der Waals surface area (Å²) in [7, 11) is 0. The lowest BCUT2D eigenvalue weighted by Crippen LogP contribution is -2.27. The number of likely N-dealkylation sites (N-methyl/N-ethyl adjacent to an activating group) is 1. The molecule has 0 bridgehead atoms. The first-order valence-corrected chi connectivity index (χ1v) is 6.95. The molecular formula is C14H15ClN4O. The zero-order valence-electron chi connectivity index (χ0n) is 11.2. The fourth-order valence-electron chi connectivity index (χ4n) is 2.09. The van der Waals surface area contributed by atoms with Crippen LogP contribution in [0.15, 0.2) is 18.2 Å². The summed E-state index contributed by atoms with van der Waals surface area (Å²) in [5.41, 5.74) is 2.11. The van der Waals surface area contributed by atoms with Crippen LogP contribution in [0.4, 0.5) is 0 Å². The summed E-state index contributed by atoms with van der Waals surface area (Å²) in [4.78, 5) is 16.3. The molecule has 1 aromatic heterocycles. The third-order valence-corrected chi connectivity index (χ3v) is 3.14. The number of hydrogen-bond donors (Lipinski definition) is 1. The van der Waals surface area contributed by atoms with Crippen LogP contribution >= 0.6 is 11.6 Å². The monoisotopic (exact) mass is 290 g/mol. The molecule has 0 spiro atoms. The normalized spacial score (nSPS) is 10.4. The fourth-order valence-corrected chi connectivity index (χ4v) is 2.26. The molecule has 0 fully saturated rings. The Morgan fingerprint density at radius 3 is 3.00 bits per heavy atom. The van der Waals surface area contributed by atoms with Gasteiger partial charge in [0.25, 0.3) is 0 Å². The second kappa shape index (κ2) is 6.40. The minimum atomic E-state index is -0.0787. The molecule has 2 aromatic rings. The summed E-state index contributed by atoms with van der Waals surface area (Å²) in [6.45, 7) is 2.64. The number of fused-ring (bicyclic) bond motifs is 1. The summed E-state index contributed by atoms with van der Waals surface area (Å²) in [6, 6.07) is 7.36. The van der Waals surface area contributed by atoms with Crippen molar-refractivity contribution in [3.8, 4) is 6.07 Å². The van der Waals surface area contributed by atoms with Gasteiger partial charge < -0.3 is 9.88 Å². The quantitative estimate of drug-likeness (QED) is 0.854. The Morgan fingerprint density at radius 2 is 2.35 bits per heavy atom. The SMILES string of the molecule is CCNC(=O)Cn1c(CCCl)nc2ccc(C#N)cc21. The lowest BCUT2D eigenvalue weighted by Gasteiger charge is -2.08. The van der Waals surface area contributed by atoms with E-state index in [-0.39, 0.29) is 12.5 Å². The van der Waals surface area contributed by atoms with Crippen LogP contribution in [0.3, 0.4) is 0 Å². The Hall–Kier alpha value is -2.06. The molecule has 20 heavy (non-hydrogen) atoms. The van der Waals surface area contributed by atoms with Gasteiger partial charge in [-0.2, -0.15) is 5.26 Å². The highest BCUT2D eigenvalue weighted by Crippen LogP contribution is 2.18. The molecule has 1 aromatic carbocycles. The molecule has 5 nitrogen and oxygen atoms in total. The van der Waals surface area contributed by atoms with Gasteiger partial charge in [0, 0.05) is 18.8 Å². The van der Waals surface area contributed by atoms with E-state index in [9.17, 15) is 4.79 Å². The standard InChI is InChI=1S/C14H15ClN4O/c1-2-17-14(20)9-19-12-7-10(8-16)3-4-11(12)18-13(19)5-6-15/h3-4,7H,2,5-6,9H2,1H3,(H,17,20). The smallest absolute Gasteiger partial charge is 0.239 e. The molecule has 0 atom stereocenters. The van der Waals surface area contributed by atoms with Gasteiger partial charge in [-0.1, -0.05) is 0 Å². The first-order chi connectivity index (χ1) is 9.69. The molecule has 1 heterocycles. The zero-order chi connectivity index (χ0) is 14.5. The maximum absolute atomic E-state index is 11.8. The highest BCUT2D eigenvalue weighted by molar-refractivity contribution is 6.17. The predicted molar refractivity (Wildman–Crippen MR) is 77.6 cm³/mol. The predicted octanol–water partition coefficient (Wildman–Crippen LogP) is 1.83.